The van der Waals surface area contributed by atoms with Gasteiger partial charge >= 0.3 is 97.1 Å². The summed E-state index contributed by atoms with van der Waals surface area (Å²) in [6.07, 6.45) is -1.83. The molecule has 3 nitrogen and oxygen atoms in total. The maximum absolute atomic E-state index is 8.56. The van der Waals surface area contributed by atoms with Crippen molar-refractivity contribution in [3.8, 4) is 0 Å². The molecule has 0 radical (unpaired) electrons. The molecule has 0 rings (SSSR count). The van der Waals surface area contributed by atoms with E-state index in [1.165, 1.54) is 0 Å². The van der Waals surface area contributed by atoms with Crippen LogP contribution in [0.4, 0.5) is 4.79 Å². The Morgan fingerprint density at radius 3 is 1.33 bits per heavy atom. The molecule has 0 saturated heterocycles. The van der Waals surface area contributed by atoms with E-state index in [0.29, 0.717) is 0 Å². The molecule has 32 valence electrons. The van der Waals surface area contributed by atoms with Crippen molar-refractivity contribution in [2.45, 2.75) is 0 Å². The van der Waals surface area contributed by atoms with Crippen molar-refractivity contribution in [3.63, 3.8) is 0 Å². The topological polar surface area (TPSA) is 57.5 Å². The van der Waals surface area contributed by atoms with Crippen molar-refractivity contribution < 1.29 is 20.7 Å². The first-order chi connectivity index (χ1) is 1.73. The molecule has 5 heteroatoms. The number of rotatable bonds is 0. The fourth-order valence-corrected chi connectivity index (χ4v) is 0. The summed E-state index contributed by atoms with van der Waals surface area (Å²) in [6, 6.07) is 0. The van der Waals surface area contributed by atoms with E-state index in [2.05, 4.69) is 0 Å². The van der Waals surface area contributed by atoms with Crippen molar-refractivity contribution in [2.24, 2.45) is 0 Å². The first kappa shape index (κ1) is 15.7. The van der Waals surface area contributed by atoms with Crippen molar-refractivity contribution in [1.29, 1.82) is 0 Å². The monoisotopic (exact) mass is 242 g/mol. The fourth-order valence-electron chi connectivity index (χ4n) is 0. The Morgan fingerprint density at radius 1 is 1.33 bits per heavy atom. The molecule has 0 aliphatic rings. The molecule has 0 spiro atoms. The molecular weight excluding hydrogens is 235 g/mol. The molecule has 0 aromatic heterocycles. The summed E-state index contributed by atoms with van der Waals surface area (Å²) in [5.74, 6) is 0. The predicted molar refractivity (Wildman–Crippen MR) is 26.6 cm³/mol. The quantitative estimate of drug-likeness (QED) is 0.583. The Hall–Kier alpha value is 2.23. The van der Waals surface area contributed by atoms with Crippen LogP contribution in [0.1, 0.15) is 5.71 Å². The van der Waals surface area contributed by atoms with Crippen LogP contribution in [-0.4, -0.2) is 107 Å². The molecule has 6 heavy (non-hydrogen) atoms. The molecule has 0 saturated carbocycles. The van der Waals surface area contributed by atoms with Gasteiger partial charge in [0.05, 0.1) is 0 Å². The van der Waals surface area contributed by atoms with Crippen LogP contribution in [0.2, 0.25) is 0 Å². The normalized spacial score (nSPS) is 4.00. The van der Waals surface area contributed by atoms with Crippen LogP contribution in [0.3, 0.4) is 0 Å². The van der Waals surface area contributed by atoms with Crippen molar-refractivity contribution in [3.05, 3.63) is 0 Å². The first-order valence-electron chi connectivity index (χ1n) is 0.651. The van der Waals surface area contributed by atoms with E-state index in [1.54, 1.807) is 0 Å². The fraction of sp³-hybridized carbons (Fsp3) is 0. The Bertz CT molecular complexity index is 41.5. The molecule has 0 amide bonds. The minimum absolute atomic E-state index is 0. The van der Waals surface area contributed by atoms with E-state index in [4.69, 9.17) is 15.0 Å². The minimum Gasteiger partial charge on any atom is -1.00 e. The van der Waals surface area contributed by atoms with E-state index in [0.717, 1.165) is 0 Å². The number of carbonyl (C=O) groups is 1. The molecule has 0 heterocycles. The predicted octanol–water partition coefficient (Wildman–Crippen LogP) is -0.0892. The summed E-state index contributed by atoms with van der Waals surface area (Å²) in [6.45, 7) is 0. The summed E-state index contributed by atoms with van der Waals surface area (Å²) >= 11 is 0. The molecular formula is CH6O3Sr2. The van der Waals surface area contributed by atoms with Gasteiger partial charge in [0, 0.05) is 0 Å². The van der Waals surface area contributed by atoms with Gasteiger partial charge in [-0.25, -0.2) is 4.79 Å². The molecule has 2 N–H and O–H groups in total. The third-order valence-corrected chi connectivity index (χ3v) is 0. The summed E-state index contributed by atoms with van der Waals surface area (Å²) in [4.78, 5) is 8.56. The van der Waals surface area contributed by atoms with Crippen LogP contribution in [0.15, 0.2) is 0 Å². The van der Waals surface area contributed by atoms with Gasteiger partial charge in [-0.1, -0.05) is 0 Å². The molecule has 0 aromatic carbocycles. The second-order valence-electron chi connectivity index (χ2n) is 0.283. The molecule has 0 atom stereocenters. The molecule has 0 aromatic rings. The van der Waals surface area contributed by atoms with Crippen molar-refractivity contribution >= 4 is 97.1 Å². The van der Waals surface area contributed by atoms with Gasteiger partial charge in [-0.2, -0.15) is 0 Å². The van der Waals surface area contributed by atoms with E-state index in [-0.39, 0.29) is 96.7 Å². The minimum atomic E-state index is -1.83. The zero-order valence-electron chi connectivity index (χ0n) is 7.22. The first-order valence-corrected chi connectivity index (χ1v) is 0.651. The molecule has 0 bridgehead atoms. The Labute approximate surface area is 115 Å². The molecule has 0 fully saturated rings. The average molecular weight is 241 g/mol. The van der Waals surface area contributed by atoms with Crippen LogP contribution in [-0.2, 0) is 0 Å². The Balaban J connectivity index is -0.00000000300. The van der Waals surface area contributed by atoms with Crippen molar-refractivity contribution in [2.75, 3.05) is 0 Å². The van der Waals surface area contributed by atoms with Crippen LogP contribution in [0, 0.1) is 0 Å². The van der Waals surface area contributed by atoms with Gasteiger partial charge in [-0.15, -0.1) is 0 Å². The van der Waals surface area contributed by atoms with Gasteiger partial charge in [0.2, 0.25) is 0 Å². The largest absolute Gasteiger partial charge is 2.00 e. The maximum atomic E-state index is 8.56. The van der Waals surface area contributed by atoms with Gasteiger partial charge in [-0.05, 0) is 0 Å². The third-order valence-electron chi connectivity index (χ3n) is 0. The van der Waals surface area contributed by atoms with Crippen LogP contribution in [0.5, 0.6) is 0 Å². The van der Waals surface area contributed by atoms with Gasteiger partial charge < -0.3 is 15.9 Å². The maximum Gasteiger partial charge on any atom is 2.00 e. The summed E-state index contributed by atoms with van der Waals surface area (Å²) < 4.78 is 0. The summed E-state index contributed by atoms with van der Waals surface area (Å²) in [7, 11) is 0. The van der Waals surface area contributed by atoms with E-state index >= 15 is 0 Å². The molecule has 0 aliphatic carbocycles. The second-order valence-corrected chi connectivity index (χ2v) is 0.283. The zero-order chi connectivity index (χ0) is 3.58. The van der Waals surface area contributed by atoms with Crippen molar-refractivity contribution in [1.82, 2.24) is 0 Å². The molecule has 0 unspecified atom stereocenters. The van der Waals surface area contributed by atoms with E-state index in [9.17, 15) is 0 Å². The standard InChI is InChI=1S/CH2O3.2Sr.4H/c2-1(3)4;;;;;;/h(H2,2,3,4);;;;;;/q;2*+2;4*-1. The van der Waals surface area contributed by atoms with Gasteiger partial charge in [0.1, 0.15) is 0 Å². The third kappa shape index (κ3) is 34.3. The second kappa shape index (κ2) is 10.3. The Morgan fingerprint density at radius 2 is 1.33 bits per heavy atom. The average Bonchev–Trinajstić information content (AvgIpc) is 0.811. The smallest absolute Gasteiger partial charge is 1.00 e. The Kier molecular flexibility index (Phi) is 26.9. The van der Waals surface area contributed by atoms with Gasteiger partial charge in [-0.3, -0.25) is 0 Å². The zero-order valence-corrected chi connectivity index (χ0v) is 10.2. The summed E-state index contributed by atoms with van der Waals surface area (Å²) in [5.41, 5.74) is 0. The van der Waals surface area contributed by atoms with Crippen LogP contribution < -0.4 is 0 Å². The number of hydrogen-bond donors (Lipinski definition) is 2. The SMILES string of the molecule is O=C(O)O.[H-].[H-].[H-].[H-].[Sr+2].[Sr+2]. The van der Waals surface area contributed by atoms with E-state index < -0.39 is 6.16 Å². The van der Waals surface area contributed by atoms with Gasteiger partial charge in [0.25, 0.3) is 0 Å². The molecule has 0 aliphatic heterocycles. The van der Waals surface area contributed by atoms with Crippen LogP contribution >= 0.6 is 0 Å². The number of carboxylic acid groups (broad SMARTS) is 2. The van der Waals surface area contributed by atoms with E-state index in [1.807, 2.05) is 0 Å². The summed E-state index contributed by atoms with van der Waals surface area (Å²) in [5, 5.41) is 13.9. The number of hydrogen-bond acceptors (Lipinski definition) is 1. The van der Waals surface area contributed by atoms with Gasteiger partial charge in [0.15, 0.2) is 0 Å². The van der Waals surface area contributed by atoms with Crippen LogP contribution in [0.25, 0.3) is 0 Å².